The summed E-state index contributed by atoms with van der Waals surface area (Å²) in [4.78, 5) is 8.85. The van der Waals surface area contributed by atoms with Gasteiger partial charge in [-0.3, -0.25) is 0 Å². The molecule has 0 aliphatic heterocycles. The van der Waals surface area contributed by atoms with Gasteiger partial charge in [-0.25, -0.2) is 9.97 Å². The van der Waals surface area contributed by atoms with Crippen LogP contribution in [-0.2, 0) is 6.42 Å². The lowest BCUT2D eigenvalue weighted by atomic mass is 10.1. The van der Waals surface area contributed by atoms with Crippen LogP contribution >= 0.6 is 0 Å². The van der Waals surface area contributed by atoms with Crippen molar-refractivity contribution in [2.45, 2.75) is 71.6 Å². The summed E-state index contributed by atoms with van der Waals surface area (Å²) in [6, 6.07) is 8.42. The van der Waals surface area contributed by atoms with E-state index in [0.29, 0.717) is 0 Å². The van der Waals surface area contributed by atoms with Crippen molar-refractivity contribution in [3.05, 3.63) is 42.2 Å². The van der Waals surface area contributed by atoms with Crippen molar-refractivity contribution in [3.63, 3.8) is 0 Å². The van der Waals surface area contributed by atoms with Gasteiger partial charge in [0.15, 0.2) is 11.6 Å². The second-order valence-electron chi connectivity index (χ2n) is 6.62. The number of aromatic nitrogens is 2. The van der Waals surface area contributed by atoms with Crippen molar-refractivity contribution < 1.29 is 4.74 Å². The van der Waals surface area contributed by atoms with E-state index in [4.69, 9.17) is 4.74 Å². The zero-order valence-electron chi connectivity index (χ0n) is 15.8. The number of unbranched alkanes of at least 4 members (excludes halogenated alkanes) is 7. The third kappa shape index (κ3) is 7.25. The molecule has 25 heavy (non-hydrogen) atoms. The highest BCUT2D eigenvalue weighted by Crippen LogP contribution is 2.18. The maximum absolute atomic E-state index is 5.75. The summed E-state index contributed by atoms with van der Waals surface area (Å²) < 4.78 is 5.75. The molecule has 0 saturated carbocycles. The molecule has 2 aromatic rings. The van der Waals surface area contributed by atoms with Crippen LogP contribution in [0.3, 0.4) is 0 Å². The molecule has 0 saturated heterocycles. The minimum atomic E-state index is 0.752. The molecule has 1 aromatic carbocycles. The first-order valence-electron chi connectivity index (χ1n) is 9.87. The Morgan fingerprint density at radius 3 is 1.96 bits per heavy atom. The highest BCUT2D eigenvalue weighted by Gasteiger charge is 2.02. The fraction of sp³-hybridized carbons (Fsp3) is 0.545. The van der Waals surface area contributed by atoms with Gasteiger partial charge >= 0.3 is 0 Å². The fourth-order valence-corrected chi connectivity index (χ4v) is 2.86. The molecule has 2 rings (SSSR count). The average molecular weight is 341 g/mol. The maximum atomic E-state index is 5.75. The molecule has 3 heteroatoms. The van der Waals surface area contributed by atoms with Crippen LogP contribution < -0.4 is 4.74 Å². The highest BCUT2D eigenvalue weighted by molar-refractivity contribution is 5.55. The van der Waals surface area contributed by atoms with Gasteiger partial charge in [0, 0.05) is 5.56 Å². The number of nitrogens with zero attached hydrogens (tertiary/aromatic N) is 2. The number of hydrogen-bond acceptors (Lipinski definition) is 3. The van der Waals surface area contributed by atoms with Crippen LogP contribution in [0.25, 0.3) is 11.4 Å². The van der Waals surface area contributed by atoms with Gasteiger partial charge in [0.2, 0.25) is 0 Å². The summed E-state index contributed by atoms with van der Waals surface area (Å²) in [6.45, 7) is 5.17. The van der Waals surface area contributed by atoms with Crippen molar-refractivity contribution in [2.24, 2.45) is 0 Å². The SMILES string of the molecule is CCCCCCCCCCOc1cnc(-c2ccc(CC)cc2)nc1. The number of rotatable bonds is 12. The smallest absolute Gasteiger partial charge is 0.159 e. The molecule has 0 amide bonds. The molecule has 1 aromatic heterocycles. The summed E-state index contributed by atoms with van der Waals surface area (Å²) in [7, 11) is 0. The first-order chi connectivity index (χ1) is 12.3. The lowest BCUT2D eigenvalue weighted by molar-refractivity contribution is 0.302. The molecule has 0 atom stereocenters. The molecule has 0 aliphatic rings. The average Bonchev–Trinajstić information content (AvgIpc) is 2.67. The van der Waals surface area contributed by atoms with Gasteiger partial charge in [-0.05, 0) is 18.4 Å². The van der Waals surface area contributed by atoms with Gasteiger partial charge in [0.1, 0.15) is 0 Å². The van der Waals surface area contributed by atoms with E-state index >= 15 is 0 Å². The van der Waals surface area contributed by atoms with Gasteiger partial charge in [0.05, 0.1) is 19.0 Å². The number of hydrogen-bond donors (Lipinski definition) is 0. The Hall–Kier alpha value is -1.90. The third-order valence-electron chi connectivity index (χ3n) is 4.52. The minimum Gasteiger partial charge on any atom is -0.490 e. The zero-order chi connectivity index (χ0) is 17.7. The molecule has 3 nitrogen and oxygen atoms in total. The molecule has 0 spiro atoms. The maximum Gasteiger partial charge on any atom is 0.159 e. The third-order valence-corrected chi connectivity index (χ3v) is 4.52. The predicted octanol–water partition coefficient (Wildman–Crippen LogP) is 6.23. The van der Waals surface area contributed by atoms with E-state index < -0.39 is 0 Å². The molecule has 0 aliphatic carbocycles. The molecule has 0 unspecified atom stereocenters. The first kappa shape index (κ1) is 19.4. The van der Waals surface area contributed by atoms with Gasteiger partial charge in [0.25, 0.3) is 0 Å². The van der Waals surface area contributed by atoms with E-state index in [1.54, 1.807) is 12.4 Å². The Morgan fingerprint density at radius 2 is 1.36 bits per heavy atom. The number of benzene rings is 1. The van der Waals surface area contributed by atoms with Crippen molar-refractivity contribution in [1.29, 1.82) is 0 Å². The van der Waals surface area contributed by atoms with Crippen molar-refractivity contribution in [2.75, 3.05) is 6.61 Å². The van der Waals surface area contributed by atoms with Crippen molar-refractivity contribution in [1.82, 2.24) is 9.97 Å². The Morgan fingerprint density at radius 1 is 0.760 bits per heavy atom. The Kier molecular flexibility index (Phi) is 9.03. The van der Waals surface area contributed by atoms with Crippen LogP contribution in [-0.4, -0.2) is 16.6 Å². The minimum absolute atomic E-state index is 0.752. The van der Waals surface area contributed by atoms with Gasteiger partial charge in [-0.1, -0.05) is 83.1 Å². The van der Waals surface area contributed by atoms with Crippen LogP contribution in [0.15, 0.2) is 36.7 Å². The van der Waals surface area contributed by atoms with E-state index in [2.05, 4.69) is 48.1 Å². The number of aryl methyl sites for hydroxylation is 1. The quantitative estimate of drug-likeness (QED) is 0.430. The van der Waals surface area contributed by atoms with Gasteiger partial charge in [-0.15, -0.1) is 0 Å². The topological polar surface area (TPSA) is 35.0 Å². The Bertz CT molecular complexity index is 578. The summed E-state index contributed by atoms with van der Waals surface area (Å²) in [6.07, 6.45) is 15.1. The van der Waals surface area contributed by atoms with Crippen molar-refractivity contribution in [3.8, 4) is 17.1 Å². The molecular formula is C22H32N2O. The highest BCUT2D eigenvalue weighted by atomic mass is 16.5. The second kappa shape index (κ2) is 11.6. The fourth-order valence-electron chi connectivity index (χ4n) is 2.86. The van der Waals surface area contributed by atoms with Crippen LogP contribution in [0.2, 0.25) is 0 Å². The van der Waals surface area contributed by atoms with Crippen molar-refractivity contribution >= 4 is 0 Å². The monoisotopic (exact) mass is 340 g/mol. The molecule has 0 fully saturated rings. The zero-order valence-corrected chi connectivity index (χ0v) is 15.8. The van der Waals surface area contributed by atoms with E-state index in [9.17, 15) is 0 Å². The summed E-state index contributed by atoms with van der Waals surface area (Å²) in [5, 5.41) is 0. The lowest BCUT2D eigenvalue weighted by Crippen LogP contribution is -1.99. The van der Waals surface area contributed by atoms with Gasteiger partial charge in [-0.2, -0.15) is 0 Å². The Balaban J connectivity index is 1.65. The van der Waals surface area contributed by atoms with E-state index in [0.717, 1.165) is 36.6 Å². The largest absolute Gasteiger partial charge is 0.490 e. The summed E-state index contributed by atoms with van der Waals surface area (Å²) in [5.74, 6) is 1.51. The predicted molar refractivity (Wildman–Crippen MR) is 105 cm³/mol. The van der Waals surface area contributed by atoms with Crippen LogP contribution in [0.1, 0.15) is 70.8 Å². The standard InChI is InChI=1S/C22H32N2O/c1-3-5-6-7-8-9-10-11-16-25-21-17-23-22(24-18-21)20-14-12-19(4-2)13-15-20/h12-15,17-18H,3-11,16H2,1-2H3. The normalized spacial score (nSPS) is 10.8. The van der Waals surface area contributed by atoms with Crippen LogP contribution in [0.4, 0.5) is 0 Å². The molecule has 0 bridgehead atoms. The van der Waals surface area contributed by atoms with E-state index in [-0.39, 0.29) is 0 Å². The van der Waals surface area contributed by atoms with E-state index in [1.165, 1.54) is 50.5 Å². The Labute approximate surface area is 152 Å². The number of ether oxygens (including phenoxy) is 1. The molecule has 0 N–H and O–H groups in total. The second-order valence-corrected chi connectivity index (χ2v) is 6.62. The molecule has 0 radical (unpaired) electrons. The van der Waals surface area contributed by atoms with E-state index in [1.807, 2.05) is 0 Å². The molecular weight excluding hydrogens is 308 g/mol. The van der Waals surface area contributed by atoms with Gasteiger partial charge < -0.3 is 4.74 Å². The van der Waals surface area contributed by atoms with Crippen LogP contribution in [0.5, 0.6) is 5.75 Å². The molecule has 136 valence electrons. The molecule has 1 heterocycles. The first-order valence-corrected chi connectivity index (χ1v) is 9.87. The lowest BCUT2D eigenvalue weighted by Gasteiger charge is -2.07. The summed E-state index contributed by atoms with van der Waals surface area (Å²) >= 11 is 0. The van der Waals surface area contributed by atoms with Crippen LogP contribution in [0, 0.1) is 0 Å². The summed E-state index contributed by atoms with van der Waals surface area (Å²) in [5.41, 5.74) is 2.38.